The molecule has 0 aromatic heterocycles. The second kappa shape index (κ2) is 8.68. The highest BCUT2D eigenvalue weighted by molar-refractivity contribution is 7.90. The van der Waals surface area contributed by atoms with Gasteiger partial charge in [-0.3, -0.25) is 0 Å². The average Bonchev–Trinajstić information content (AvgIpc) is 2.67. The molecule has 1 saturated heterocycles. The number of benzene rings is 2. The fraction of sp³-hybridized carbons (Fsp3) is 0.435. The van der Waals surface area contributed by atoms with Crippen LogP contribution in [0.5, 0.6) is 0 Å². The van der Waals surface area contributed by atoms with E-state index in [0.717, 1.165) is 11.3 Å². The molecule has 6 nitrogen and oxygen atoms in total. The summed E-state index contributed by atoms with van der Waals surface area (Å²) in [6.45, 7) is 7.31. The van der Waals surface area contributed by atoms with E-state index in [1.807, 2.05) is 45.0 Å². The van der Waals surface area contributed by atoms with Gasteiger partial charge >= 0.3 is 6.09 Å². The summed E-state index contributed by atoms with van der Waals surface area (Å²) in [6, 6.07) is 17.0. The fourth-order valence-corrected chi connectivity index (χ4v) is 4.28. The normalized spacial score (nSPS) is 17.7. The second-order valence-corrected chi connectivity index (χ2v) is 10.7. The molecule has 0 N–H and O–H groups in total. The van der Waals surface area contributed by atoms with Gasteiger partial charge in [0.05, 0.1) is 10.9 Å². The average molecular weight is 431 g/mol. The Labute approximate surface area is 179 Å². The van der Waals surface area contributed by atoms with Gasteiger partial charge in [-0.25, -0.2) is 13.2 Å². The van der Waals surface area contributed by atoms with Crippen LogP contribution in [-0.4, -0.2) is 56.9 Å². The SMILES string of the molecule is CC(C)(C)OC(=O)N1CCN(c2cccc(S(C)(=O)=O)c2)C[C@@H]1Cc1ccccc1. The molecule has 0 radical (unpaired) electrons. The molecule has 2 aromatic rings. The number of rotatable bonds is 4. The number of sulfone groups is 1. The maximum atomic E-state index is 12.8. The molecule has 30 heavy (non-hydrogen) atoms. The van der Waals surface area contributed by atoms with Crippen LogP contribution in [0.25, 0.3) is 0 Å². The first kappa shape index (κ1) is 22.2. The predicted octanol–water partition coefficient (Wildman–Crippen LogP) is 3.76. The van der Waals surface area contributed by atoms with Gasteiger partial charge in [-0.05, 0) is 51.0 Å². The van der Waals surface area contributed by atoms with Crippen LogP contribution in [0.3, 0.4) is 0 Å². The van der Waals surface area contributed by atoms with Gasteiger partial charge in [0, 0.05) is 31.6 Å². The van der Waals surface area contributed by atoms with Crippen molar-refractivity contribution in [3.05, 3.63) is 60.2 Å². The molecule has 1 amide bonds. The molecule has 7 heteroatoms. The maximum Gasteiger partial charge on any atom is 0.410 e. The third-order valence-electron chi connectivity index (χ3n) is 5.04. The van der Waals surface area contributed by atoms with Gasteiger partial charge in [0.1, 0.15) is 5.60 Å². The molecule has 3 rings (SSSR count). The third kappa shape index (κ3) is 5.75. The molecular formula is C23H30N2O4S. The number of carbonyl (C=O) groups is 1. The monoisotopic (exact) mass is 430 g/mol. The Hall–Kier alpha value is -2.54. The van der Waals surface area contributed by atoms with Crippen LogP contribution in [0.2, 0.25) is 0 Å². The van der Waals surface area contributed by atoms with E-state index in [0.29, 0.717) is 31.0 Å². The van der Waals surface area contributed by atoms with E-state index in [9.17, 15) is 13.2 Å². The Kier molecular flexibility index (Phi) is 6.41. The Bertz CT molecular complexity index is 984. The van der Waals surface area contributed by atoms with E-state index in [1.165, 1.54) is 6.26 Å². The van der Waals surface area contributed by atoms with Crippen LogP contribution in [-0.2, 0) is 21.0 Å². The van der Waals surface area contributed by atoms with Crippen molar-refractivity contribution in [2.75, 3.05) is 30.8 Å². The number of amides is 1. The lowest BCUT2D eigenvalue weighted by Gasteiger charge is -2.43. The van der Waals surface area contributed by atoms with E-state index in [-0.39, 0.29) is 12.1 Å². The van der Waals surface area contributed by atoms with E-state index < -0.39 is 15.4 Å². The molecule has 1 aliphatic heterocycles. The molecule has 162 valence electrons. The molecule has 1 atom stereocenters. The van der Waals surface area contributed by atoms with Crippen molar-refractivity contribution in [3.8, 4) is 0 Å². The van der Waals surface area contributed by atoms with Crippen LogP contribution < -0.4 is 4.90 Å². The maximum absolute atomic E-state index is 12.8. The number of piperazine rings is 1. The summed E-state index contributed by atoms with van der Waals surface area (Å²) in [4.78, 5) is 17.1. The summed E-state index contributed by atoms with van der Waals surface area (Å²) in [5.41, 5.74) is 1.43. The Balaban J connectivity index is 1.85. The lowest BCUT2D eigenvalue weighted by atomic mass is 10.0. The van der Waals surface area contributed by atoms with Crippen molar-refractivity contribution in [3.63, 3.8) is 0 Å². The minimum atomic E-state index is -3.28. The number of ether oxygens (including phenoxy) is 1. The van der Waals surface area contributed by atoms with E-state index >= 15 is 0 Å². The van der Waals surface area contributed by atoms with Crippen LogP contribution in [0.1, 0.15) is 26.3 Å². The second-order valence-electron chi connectivity index (χ2n) is 8.73. The standard InChI is InChI=1S/C23H30N2O4S/c1-23(2,3)29-22(26)25-14-13-24(17-20(25)15-18-9-6-5-7-10-18)19-11-8-12-21(16-19)30(4,27)28/h5-12,16,20H,13-15,17H2,1-4H3/t20-/m0/s1. The molecule has 0 unspecified atom stereocenters. The highest BCUT2D eigenvalue weighted by Crippen LogP contribution is 2.25. The minimum Gasteiger partial charge on any atom is -0.444 e. The van der Waals surface area contributed by atoms with Gasteiger partial charge in [-0.15, -0.1) is 0 Å². The molecule has 0 bridgehead atoms. The van der Waals surface area contributed by atoms with Crippen molar-refractivity contribution in [1.82, 2.24) is 4.90 Å². The van der Waals surface area contributed by atoms with Crippen molar-refractivity contribution in [2.24, 2.45) is 0 Å². The lowest BCUT2D eigenvalue weighted by Crippen LogP contribution is -2.57. The molecule has 1 heterocycles. The topological polar surface area (TPSA) is 66.9 Å². The van der Waals surface area contributed by atoms with Gasteiger partial charge < -0.3 is 14.5 Å². The molecule has 0 saturated carbocycles. The van der Waals surface area contributed by atoms with Gasteiger partial charge in [0.25, 0.3) is 0 Å². The first-order valence-corrected chi connectivity index (χ1v) is 12.0. The molecule has 1 fully saturated rings. The Morgan fingerprint density at radius 2 is 1.77 bits per heavy atom. The Morgan fingerprint density at radius 3 is 2.40 bits per heavy atom. The number of hydrogen-bond acceptors (Lipinski definition) is 5. The highest BCUT2D eigenvalue weighted by Gasteiger charge is 2.33. The van der Waals surface area contributed by atoms with Crippen LogP contribution in [0.15, 0.2) is 59.5 Å². The number of anilines is 1. The summed E-state index contributed by atoms with van der Waals surface area (Å²) in [6.07, 6.45) is 1.60. The number of hydrogen-bond donors (Lipinski definition) is 0. The smallest absolute Gasteiger partial charge is 0.410 e. The zero-order chi connectivity index (χ0) is 21.9. The highest BCUT2D eigenvalue weighted by atomic mass is 32.2. The van der Waals surface area contributed by atoms with Crippen LogP contribution in [0, 0.1) is 0 Å². The summed E-state index contributed by atoms with van der Waals surface area (Å²) >= 11 is 0. The van der Waals surface area contributed by atoms with Crippen molar-refractivity contribution >= 4 is 21.6 Å². The van der Waals surface area contributed by atoms with Crippen molar-refractivity contribution in [1.29, 1.82) is 0 Å². The first-order chi connectivity index (χ1) is 14.0. The van der Waals surface area contributed by atoms with Gasteiger partial charge in [-0.1, -0.05) is 36.4 Å². The predicted molar refractivity (Wildman–Crippen MR) is 119 cm³/mol. The van der Waals surface area contributed by atoms with Crippen LogP contribution >= 0.6 is 0 Å². The summed E-state index contributed by atoms with van der Waals surface area (Å²) < 4.78 is 29.6. The van der Waals surface area contributed by atoms with Gasteiger partial charge in [0.15, 0.2) is 9.84 Å². The fourth-order valence-electron chi connectivity index (χ4n) is 3.62. The van der Waals surface area contributed by atoms with Gasteiger partial charge in [0.2, 0.25) is 0 Å². The van der Waals surface area contributed by atoms with Gasteiger partial charge in [-0.2, -0.15) is 0 Å². The summed E-state index contributed by atoms with van der Waals surface area (Å²) in [5, 5.41) is 0. The Morgan fingerprint density at radius 1 is 1.07 bits per heavy atom. The molecular weight excluding hydrogens is 400 g/mol. The van der Waals surface area contributed by atoms with E-state index in [2.05, 4.69) is 17.0 Å². The number of nitrogens with zero attached hydrogens (tertiary/aromatic N) is 2. The van der Waals surface area contributed by atoms with Crippen molar-refractivity contribution < 1.29 is 17.9 Å². The molecule has 0 spiro atoms. The van der Waals surface area contributed by atoms with Crippen molar-refractivity contribution in [2.45, 2.75) is 43.7 Å². The van der Waals surface area contributed by atoms with E-state index in [4.69, 9.17) is 4.74 Å². The molecule has 1 aliphatic rings. The molecule has 0 aliphatic carbocycles. The summed E-state index contributed by atoms with van der Waals surface area (Å²) in [7, 11) is -3.28. The minimum absolute atomic E-state index is 0.0853. The third-order valence-corrected chi connectivity index (χ3v) is 6.15. The first-order valence-electron chi connectivity index (χ1n) is 10.1. The zero-order valence-corrected chi connectivity index (χ0v) is 18.9. The lowest BCUT2D eigenvalue weighted by molar-refractivity contribution is 0.0141. The number of carbonyl (C=O) groups excluding carboxylic acids is 1. The molecule has 2 aromatic carbocycles. The quantitative estimate of drug-likeness (QED) is 0.739. The summed E-state index contributed by atoms with van der Waals surface area (Å²) in [5.74, 6) is 0. The van der Waals surface area contributed by atoms with Crippen LogP contribution in [0.4, 0.5) is 10.5 Å². The zero-order valence-electron chi connectivity index (χ0n) is 18.0. The van der Waals surface area contributed by atoms with E-state index in [1.54, 1.807) is 23.1 Å². The largest absolute Gasteiger partial charge is 0.444 e.